The summed E-state index contributed by atoms with van der Waals surface area (Å²) in [5.74, 6) is 0. The smallest absolute Gasteiger partial charge is 0.188 e. The van der Waals surface area contributed by atoms with Crippen LogP contribution in [0.25, 0.3) is 0 Å². The van der Waals surface area contributed by atoms with Gasteiger partial charge in [0.15, 0.2) is 9.84 Å². The molecule has 2 aromatic carbocycles. The zero-order valence-corrected chi connectivity index (χ0v) is 14.5. The van der Waals surface area contributed by atoms with Crippen LogP contribution in [0.1, 0.15) is 20.3 Å². The normalized spacial score (nSPS) is 14.3. The molecule has 0 N–H and O–H groups in total. The van der Waals surface area contributed by atoms with Crippen LogP contribution in [0.15, 0.2) is 81.9 Å². The van der Waals surface area contributed by atoms with E-state index in [4.69, 9.17) is 0 Å². The second-order valence-electron chi connectivity index (χ2n) is 5.24. The highest BCUT2D eigenvalue weighted by Gasteiger charge is 2.41. The highest BCUT2D eigenvalue weighted by molar-refractivity contribution is 8.04. The van der Waals surface area contributed by atoms with Gasteiger partial charge in [0, 0.05) is 9.80 Å². The van der Waals surface area contributed by atoms with E-state index in [0.29, 0.717) is 16.2 Å². The van der Waals surface area contributed by atoms with E-state index in [1.54, 1.807) is 31.2 Å². The number of benzene rings is 2. The first kappa shape index (κ1) is 16.8. The fraction of sp³-hybridized carbons (Fsp3) is 0.222. The third kappa shape index (κ3) is 3.13. The van der Waals surface area contributed by atoms with Crippen molar-refractivity contribution in [3.8, 4) is 0 Å². The van der Waals surface area contributed by atoms with Gasteiger partial charge < -0.3 is 0 Å². The van der Waals surface area contributed by atoms with Crippen molar-refractivity contribution in [1.29, 1.82) is 0 Å². The highest BCUT2D eigenvalue weighted by Crippen LogP contribution is 2.42. The van der Waals surface area contributed by atoms with Crippen molar-refractivity contribution in [2.24, 2.45) is 0 Å². The SMILES string of the molecule is C=C(Sc1ccccc1)C(C)(CC)S(=O)(=O)c1ccccc1. The molecule has 0 aliphatic rings. The van der Waals surface area contributed by atoms with E-state index in [0.717, 1.165) is 4.90 Å². The Labute approximate surface area is 137 Å². The lowest BCUT2D eigenvalue weighted by Crippen LogP contribution is -2.35. The summed E-state index contributed by atoms with van der Waals surface area (Å²) in [7, 11) is -3.49. The van der Waals surface area contributed by atoms with Crippen LogP contribution in [0.4, 0.5) is 0 Å². The summed E-state index contributed by atoms with van der Waals surface area (Å²) >= 11 is 1.42. The van der Waals surface area contributed by atoms with Gasteiger partial charge in [-0.05, 0) is 37.6 Å². The molecule has 22 heavy (non-hydrogen) atoms. The number of hydrogen-bond donors (Lipinski definition) is 0. The number of thioether (sulfide) groups is 1. The average molecular weight is 332 g/mol. The number of rotatable bonds is 6. The quantitative estimate of drug-likeness (QED) is 0.703. The molecule has 1 atom stereocenters. The average Bonchev–Trinajstić information content (AvgIpc) is 2.55. The summed E-state index contributed by atoms with van der Waals surface area (Å²) in [6, 6.07) is 18.3. The minimum absolute atomic E-state index is 0.342. The Morgan fingerprint density at radius 2 is 1.55 bits per heavy atom. The summed E-state index contributed by atoms with van der Waals surface area (Å²) in [6.07, 6.45) is 0.475. The lowest BCUT2D eigenvalue weighted by Gasteiger charge is -2.30. The van der Waals surface area contributed by atoms with E-state index in [2.05, 4.69) is 6.58 Å². The molecule has 0 saturated heterocycles. The minimum Gasteiger partial charge on any atom is -0.223 e. The number of sulfone groups is 1. The molecule has 0 aliphatic carbocycles. The first-order valence-electron chi connectivity index (χ1n) is 7.14. The molecule has 0 bridgehead atoms. The van der Waals surface area contributed by atoms with Crippen molar-refractivity contribution in [3.63, 3.8) is 0 Å². The van der Waals surface area contributed by atoms with Crippen LogP contribution in [0, 0.1) is 0 Å². The lowest BCUT2D eigenvalue weighted by molar-refractivity contribution is 0.555. The molecule has 0 aliphatic heterocycles. The molecule has 2 aromatic rings. The van der Waals surface area contributed by atoms with Gasteiger partial charge >= 0.3 is 0 Å². The fourth-order valence-electron chi connectivity index (χ4n) is 2.14. The van der Waals surface area contributed by atoms with Gasteiger partial charge in [-0.2, -0.15) is 0 Å². The molecule has 116 valence electrons. The first-order chi connectivity index (χ1) is 10.4. The third-order valence-corrected chi connectivity index (χ3v) is 7.84. The zero-order valence-electron chi connectivity index (χ0n) is 12.8. The maximum absolute atomic E-state index is 13.0. The molecule has 1 unspecified atom stereocenters. The van der Waals surface area contributed by atoms with E-state index in [1.165, 1.54) is 11.8 Å². The van der Waals surface area contributed by atoms with Crippen molar-refractivity contribution in [2.75, 3.05) is 0 Å². The van der Waals surface area contributed by atoms with E-state index >= 15 is 0 Å². The molecule has 0 fully saturated rings. The van der Waals surface area contributed by atoms with Gasteiger partial charge in [-0.3, -0.25) is 0 Å². The fourth-order valence-corrected chi connectivity index (χ4v) is 5.24. The predicted octanol–water partition coefficient (Wildman–Crippen LogP) is 4.94. The van der Waals surface area contributed by atoms with Crippen LogP contribution in [-0.2, 0) is 9.84 Å². The summed E-state index contributed by atoms with van der Waals surface area (Å²) in [5, 5.41) is 0. The Bertz CT molecular complexity index is 737. The standard InChI is InChI=1S/C18H20O2S2/c1-4-18(3,15(2)21-16-11-7-5-8-12-16)22(19,20)17-13-9-6-10-14-17/h5-14H,2,4H2,1,3H3. The number of hydrogen-bond acceptors (Lipinski definition) is 3. The maximum Gasteiger partial charge on any atom is 0.188 e. The Kier molecular flexibility index (Phi) is 5.14. The van der Waals surface area contributed by atoms with E-state index in [1.807, 2.05) is 43.3 Å². The van der Waals surface area contributed by atoms with E-state index < -0.39 is 14.6 Å². The predicted molar refractivity (Wildman–Crippen MR) is 93.8 cm³/mol. The van der Waals surface area contributed by atoms with Crippen molar-refractivity contribution >= 4 is 21.6 Å². The molecular formula is C18H20O2S2. The van der Waals surface area contributed by atoms with Crippen molar-refractivity contribution in [1.82, 2.24) is 0 Å². The van der Waals surface area contributed by atoms with Crippen LogP contribution in [0.2, 0.25) is 0 Å². The molecule has 0 heterocycles. The molecule has 2 rings (SSSR count). The van der Waals surface area contributed by atoms with Gasteiger partial charge in [0.25, 0.3) is 0 Å². The van der Waals surface area contributed by atoms with Gasteiger partial charge in [0.2, 0.25) is 0 Å². The Morgan fingerprint density at radius 3 is 2.05 bits per heavy atom. The zero-order chi connectivity index (χ0) is 16.2. The lowest BCUT2D eigenvalue weighted by atomic mass is 10.1. The molecule has 0 amide bonds. The maximum atomic E-state index is 13.0. The summed E-state index contributed by atoms with van der Waals surface area (Å²) in [6.45, 7) is 7.71. The summed E-state index contributed by atoms with van der Waals surface area (Å²) < 4.78 is 25.1. The largest absolute Gasteiger partial charge is 0.223 e. The van der Waals surface area contributed by atoms with Gasteiger partial charge in [-0.15, -0.1) is 0 Å². The molecule has 2 nitrogen and oxygen atoms in total. The van der Waals surface area contributed by atoms with Gasteiger partial charge in [-0.1, -0.05) is 61.7 Å². The Balaban J connectivity index is 2.38. The van der Waals surface area contributed by atoms with Crippen LogP contribution in [0.3, 0.4) is 0 Å². The first-order valence-corrected chi connectivity index (χ1v) is 9.44. The minimum atomic E-state index is -3.49. The Hall–Kier alpha value is -1.52. The van der Waals surface area contributed by atoms with Crippen LogP contribution in [0.5, 0.6) is 0 Å². The second kappa shape index (κ2) is 6.71. The summed E-state index contributed by atoms with van der Waals surface area (Å²) in [4.78, 5) is 1.98. The molecule has 0 radical (unpaired) electrons. The topological polar surface area (TPSA) is 34.1 Å². The molecule has 0 spiro atoms. The Morgan fingerprint density at radius 1 is 1.05 bits per heavy atom. The van der Waals surface area contributed by atoms with Crippen molar-refractivity contribution < 1.29 is 8.42 Å². The van der Waals surface area contributed by atoms with Crippen LogP contribution in [-0.4, -0.2) is 13.2 Å². The summed E-state index contributed by atoms with van der Waals surface area (Å²) in [5.41, 5.74) is 0. The van der Waals surface area contributed by atoms with Gasteiger partial charge in [0.1, 0.15) is 4.75 Å². The van der Waals surface area contributed by atoms with Crippen LogP contribution < -0.4 is 0 Å². The molecule has 0 saturated carbocycles. The van der Waals surface area contributed by atoms with Crippen LogP contribution >= 0.6 is 11.8 Å². The van der Waals surface area contributed by atoms with Gasteiger partial charge in [-0.25, -0.2) is 8.42 Å². The molecule has 0 aromatic heterocycles. The highest BCUT2D eigenvalue weighted by atomic mass is 32.2. The van der Waals surface area contributed by atoms with Gasteiger partial charge in [0.05, 0.1) is 4.90 Å². The monoisotopic (exact) mass is 332 g/mol. The third-order valence-electron chi connectivity index (χ3n) is 3.90. The molecular weight excluding hydrogens is 312 g/mol. The van der Waals surface area contributed by atoms with E-state index in [-0.39, 0.29) is 0 Å². The molecule has 4 heteroatoms. The van der Waals surface area contributed by atoms with E-state index in [9.17, 15) is 8.42 Å². The second-order valence-corrected chi connectivity index (χ2v) is 8.79. The van der Waals surface area contributed by atoms with Crippen molar-refractivity contribution in [3.05, 3.63) is 72.1 Å². The van der Waals surface area contributed by atoms with Crippen molar-refractivity contribution in [2.45, 2.75) is 34.8 Å².